The van der Waals surface area contributed by atoms with Crippen molar-refractivity contribution in [2.45, 2.75) is 50.0 Å². The molecule has 2 nitrogen and oxygen atoms in total. The van der Waals surface area contributed by atoms with E-state index in [2.05, 4.69) is 19.1 Å². The zero-order chi connectivity index (χ0) is 12.6. The number of halogens is 1. The van der Waals surface area contributed by atoms with Gasteiger partial charge < -0.3 is 18.5 Å². The molecule has 0 aromatic rings. The van der Waals surface area contributed by atoms with Crippen LogP contribution in [-0.2, 0) is 9.47 Å². The molecule has 0 aliphatic rings. The molecule has 0 unspecified atom stereocenters. The minimum Gasteiger partial charge on any atom is -0.355 e. The van der Waals surface area contributed by atoms with E-state index in [0.29, 0.717) is 6.79 Å². The van der Waals surface area contributed by atoms with Crippen LogP contribution in [0.25, 0.3) is 0 Å². The summed E-state index contributed by atoms with van der Waals surface area (Å²) in [6, 6.07) is 0. The SMILES string of the molecule is CCCCCCOCOCC/C=C/C[CH2][Mg][Cl]. The van der Waals surface area contributed by atoms with Gasteiger partial charge in [0.2, 0.25) is 0 Å². The third-order valence-corrected chi connectivity index (χ3v) is 3.89. The predicted octanol–water partition coefficient (Wildman–Crippen LogP) is 4.17. The summed E-state index contributed by atoms with van der Waals surface area (Å²) in [5.41, 5.74) is 0. The molecule has 0 radical (unpaired) electrons. The third-order valence-electron chi connectivity index (χ3n) is 2.41. The molecule has 0 fully saturated rings. The lowest BCUT2D eigenvalue weighted by Gasteiger charge is -2.04. The van der Waals surface area contributed by atoms with Crippen molar-refractivity contribution in [1.82, 2.24) is 0 Å². The average Bonchev–Trinajstić information content (AvgIpc) is 2.35. The van der Waals surface area contributed by atoms with E-state index in [-0.39, 0.29) is 19.3 Å². The smallest absolute Gasteiger partial charge is 0.355 e. The topological polar surface area (TPSA) is 18.5 Å². The molecular weight excluding hydrogens is 248 g/mol. The van der Waals surface area contributed by atoms with Gasteiger partial charge in [0.05, 0.1) is 6.61 Å². The Hall–Kier alpha value is 0.716. The molecule has 17 heavy (non-hydrogen) atoms. The van der Waals surface area contributed by atoms with Crippen molar-refractivity contribution in [1.29, 1.82) is 0 Å². The van der Waals surface area contributed by atoms with Crippen molar-refractivity contribution >= 4 is 28.3 Å². The van der Waals surface area contributed by atoms with Crippen LogP contribution in [0.3, 0.4) is 0 Å². The molecule has 0 spiro atoms. The Morgan fingerprint density at radius 3 is 2.53 bits per heavy atom. The summed E-state index contributed by atoms with van der Waals surface area (Å²) in [6.45, 7) is 4.24. The fraction of sp³-hybridized carbons (Fsp3) is 0.846. The summed E-state index contributed by atoms with van der Waals surface area (Å²) >= 11 is -0.276. The van der Waals surface area contributed by atoms with E-state index in [4.69, 9.17) is 18.5 Å². The van der Waals surface area contributed by atoms with E-state index in [9.17, 15) is 0 Å². The Kier molecular flexibility index (Phi) is 17.4. The van der Waals surface area contributed by atoms with E-state index < -0.39 is 0 Å². The van der Waals surface area contributed by atoms with Crippen LogP contribution in [-0.4, -0.2) is 39.3 Å². The van der Waals surface area contributed by atoms with Gasteiger partial charge in [-0.2, -0.15) is 0 Å². The normalized spacial score (nSPS) is 10.9. The van der Waals surface area contributed by atoms with E-state index in [1.165, 1.54) is 23.8 Å². The van der Waals surface area contributed by atoms with Gasteiger partial charge in [-0.3, -0.25) is 0 Å². The van der Waals surface area contributed by atoms with Gasteiger partial charge in [0, 0.05) is 6.61 Å². The minimum atomic E-state index is -0.276. The molecule has 4 heteroatoms. The lowest BCUT2D eigenvalue weighted by atomic mass is 10.2. The van der Waals surface area contributed by atoms with Crippen LogP contribution in [0.5, 0.6) is 0 Å². The molecule has 0 atom stereocenters. The quantitative estimate of drug-likeness (QED) is 0.217. The Balaban J connectivity index is 2.96. The number of ether oxygens (including phenoxy) is 2. The Morgan fingerprint density at radius 2 is 1.76 bits per heavy atom. The summed E-state index contributed by atoms with van der Waals surface area (Å²) in [5, 5.41) is 0. The van der Waals surface area contributed by atoms with E-state index in [1.807, 2.05) is 0 Å². The van der Waals surface area contributed by atoms with Gasteiger partial charge in [0.1, 0.15) is 6.79 Å². The molecule has 98 valence electrons. The van der Waals surface area contributed by atoms with Crippen LogP contribution in [0.4, 0.5) is 0 Å². The van der Waals surface area contributed by atoms with Crippen molar-refractivity contribution in [2.24, 2.45) is 0 Å². The predicted molar refractivity (Wildman–Crippen MR) is 75.7 cm³/mol. The monoisotopic (exact) mass is 272 g/mol. The summed E-state index contributed by atoms with van der Waals surface area (Å²) < 4.78 is 11.9. The van der Waals surface area contributed by atoms with Crippen LogP contribution >= 0.6 is 9.07 Å². The number of allylic oxidation sites excluding steroid dienone is 1. The van der Waals surface area contributed by atoms with Gasteiger partial charge in [-0.25, -0.2) is 0 Å². The highest BCUT2D eigenvalue weighted by Gasteiger charge is 1.90. The Morgan fingerprint density at radius 1 is 1.00 bits per heavy atom. The molecule has 0 amide bonds. The molecular formula is C13H25ClMgO2. The maximum Gasteiger partial charge on any atom is 0.501 e. The van der Waals surface area contributed by atoms with Gasteiger partial charge in [-0.15, -0.1) is 4.55 Å². The lowest BCUT2D eigenvalue weighted by Crippen LogP contribution is -2.02. The molecule has 0 N–H and O–H groups in total. The summed E-state index contributed by atoms with van der Waals surface area (Å²) in [7, 11) is 5.71. The van der Waals surface area contributed by atoms with Crippen molar-refractivity contribution in [3.05, 3.63) is 12.2 Å². The lowest BCUT2D eigenvalue weighted by molar-refractivity contribution is -0.0531. The molecule has 0 heterocycles. The van der Waals surface area contributed by atoms with Crippen LogP contribution in [0.2, 0.25) is 4.55 Å². The zero-order valence-electron chi connectivity index (χ0n) is 11.1. The van der Waals surface area contributed by atoms with E-state index >= 15 is 0 Å². The summed E-state index contributed by atoms with van der Waals surface area (Å²) in [5.74, 6) is 0. The van der Waals surface area contributed by atoms with Crippen LogP contribution < -0.4 is 0 Å². The molecule has 0 aliphatic carbocycles. The minimum absolute atomic E-state index is 0.276. The van der Waals surface area contributed by atoms with Crippen LogP contribution in [0.1, 0.15) is 45.4 Å². The maximum absolute atomic E-state index is 5.71. The van der Waals surface area contributed by atoms with Gasteiger partial charge in [-0.05, 0) is 12.8 Å². The fourth-order valence-electron chi connectivity index (χ4n) is 1.39. The fourth-order valence-corrected chi connectivity index (χ4v) is 2.24. The first-order valence-corrected chi connectivity index (χ1v) is 9.92. The van der Waals surface area contributed by atoms with Gasteiger partial charge >= 0.3 is 19.3 Å². The standard InChI is InChI=1S/C13H25O2.ClH.Mg/c1-3-5-7-9-11-14-13-15-12-10-8-6-4-2;;/h5,7H,1,3-4,6,8-13H2,2H3;1H;/q;;+1/p-1/b7-5+;;. The average molecular weight is 273 g/mol. The first kappa shape index (κ1) is 17.7. The molecule has 0 bridgehead atoms. The number of hydrogen-bond acceptors (Lipinski definition) is 2. The second-order valence-corrected chi connectivity index (χ2v) is 6.31. The molecule has 0 aromatic heterocycles. The van der Waals surface area contributed by atoms with Gasteiger partial charge in [-0.1, -0.05) is 44.8 Å². The second-order valence-electron chi connectivity index (χ2n) is 4.09. The molecule has 0 saturated carbocycles. The number of hydrogen-bond donors (Lipinski definition) is 0. The van der Waals surface area contributed by atoms with Crippen LogP contribution in [0.15, 0.2) is 12.2 Å². The largest absolute Gasteiger partial charge is 0.501 e. The third kappa shape index (κ3) is 16.7. The molecule has 0 aromatic carbocycles. The summed E-state index contributed by atoms with van der Waals surface area (Å²) in [4.78, 5) is 0. The van der Waals surface area contributed by atoms with E-state index in [1.54, 1.807) is 0 Å². The molecule has 0 saturated heterocycles. The number of unbranched alkanes of at least 4 members (excludes halogenated alkanes) is 3. The first-order chi connectivity index (χ1) is 8.41. The second kappa shape index (κ2) is 16.7. The Labute approximate surface area is 120 Å². The highest BCUT2D eigenvalue weighted by Crippen LogP contribution is 1.99. The highest BCUT2D eigenvalue weighted by atomic mass is 35.5. The van der Waals surface area contributed by atoms with E-state index in [0.717, 1.165) is 32.5 Å². The zero-order valence-corrected chi connectivity index (χ0v) is 13.3. The maximum atomic E-state index is 5.71. The van der Waals surface area contributed by atoms with Crippen molar-refractivity contribution < 1.29 is 9.47 Å². The Bertz CT molecular complexity index is 165. The molecule has 0 aliphatic heterocycles. The van der Waals surface area contributed by atoms with Crippen molar-refractivity contribution in [3.8, 4) is 0 Å². The van der Waals surface area contributed by atoms with Gasteiger partial charge in [0.25, 0.3) is 0 Å². The highest BCUT2D eigenvalue weighted by molar-refractivity contribution is 6.93. The number of rotatable bonds is 13. The first-order valence-electron chi connectivity index (χ1n) is 6.78. The van der Waals surface area contributed by atoms with Crippen LogP contribution in [0, 0.1) is 0 Å². The van der Waals surface area contributed by atoms with Gasteiger partial charge in [0.15, 0.2) is 0 Å². The van der Waals surface area contributed by atoms with Crippen molar-refractivity contribution in [3.63, 3.8) is 0 Å². The molecule has 0 rings (SSSR count). The van der Waals surface area contributed by atoms with Crippen molar-refractivity contribution in [2.75, 3.05) is 20.0 Å². The summed E-state index contributed by atoms with van der Waals surface area (Å²) in [6.07, 6.45) is 11.5.